The van der Waals surface area contributed by atoms with Crippen molar-refractivity contribution >= 4 is 31.3 Å². The smallest absolute Gasteiger partial charge is 0.414 e. The summed E-state index contributed by atoms with van der Waals surface area (Å²) in [6, 6.07) is 5.32. The molecule has 0 atom stereocenters. The summed E-state index contributed by atoms with van der Waals surface area (Å²) in [4.78, 5) is 12.8. The van der Waals surface area contributed by atoms with Gasteiger partial charge in [0.2, 0.25) is 0 Å². The predicted molar refractivity (Wildman–Crippen MR) is 114 cm³/mol. The number of nitrogens with one attached hydrogen (secondary N) is 1. The second-order valence-corrected chi connectivity index (χ2v) is 11.3. The van der Waals surface area contributed by atoms with Crippen LogP contribution in [-0.2, 0) is 25.9 Å². The molecule has 1 aromatic carbocycles. The Bertz CT molecular complexity index is 1580. The molecular formula is C19H15F4N5O6S2. The molecule has 0 spiro atoms. The monoisotopic (exact) mass is 549 g/mol. The molecule has 0 unspecified atom stereocenters. The molecule has 0 saturated heterocycles. The number of carbonyl (C=O) groups excluding carboxylic acids is 1. The highest BCUT2D eigenvalue weighted by atomic mass is 32.2. The van der Waals surface area contributed by atoms with E-state index in [0.29, 0.717) is 6.07 Å². The highest BCUT2D eigenvalue weighted by Crippen LogP contribution is 2.35. The van der Waals surface area contributed by atoms with E-state index < -0.39 is 71.2 Å². The summed E-state index contributed by atoms with van der Waals surface area (Å²) < 4.78 is 106. The standard InChI is InChI=1S/C19H15F4N5O6S2/c1-9-14(16(29)24-10-5-4-6-11(7-10)35(2,30)31)18(28-26-15(9)19(21,22)23)34-17-12(20)8-13(25-27-17)36(3,32)33/h4-8H,1-3H3,(H,24,29). The summed E-state index contributed by atoms with van der Waals surface area (Å²) >= 11 is 0. The Kier molecular flexibility index (Phi) is 7.00. The first kappa shape index (κ1) is 26.9. The van der Waals surface area contributed by atoms with E-state index in [1.54, 1.807) is 0 Å². The van der Waals surface area contributed by atoms with Gasteiger partial charge >= 0.3 is 6.18 Å². The van der Waals surface area contributed by atoms with Crippen LogP contribution < -0.4 is 10.1 Å². The third-order valence-electron chi connectivity index (χ3n) is 4.47. The minimum absolute atomic E-state index is 0.0953. The van der Waals surface area contributed by atoms with Crippen molar-refractivity contribution < 1.29 is 43.9 Å². The SMILES string of the molecule is Cc1c(C(F)(F)F)nnc(Oc2nnc(S(C)(=O)=O)cc2F)c1C(=O)Nc1cccc(S(C)(=O)=O)c1. The zero-order chi connectivity index (χ0) is 27.1. The molecule has 11 nitrogen and oxygen atoms in total. The average Bonchev–Trinajstić information content (AvgIpc) is 2.73. The maximum absolute atomic E-state index is 14.4. The lowest BCUT2D eigenvalue weighted by Gasteiger charge is -2.16. The minimum Gasteiger partial charge on any atom is -0.414 e. The van der Waals surface area contributed by atoms with Crippen molar-refractivity contribution in [3.63, 3.8) is 0 Å². The second kappa shape index (κ2) is 9.38. The molecule has 2 heterocycles. The highest BCUT2D eigenvalue weighted by molar-refractivity contribution is 7.91. The summed E-state index contributed by atoms with van der Waals surface area (Å²) in [7, 11) is -7.62. The Morgan fingerprint density at radius 3 is 2.14 bits per heavy atom. The fourth-order valence-electron chi connectivity index (χ4n) is 2.79. The van der Waals surface area contributed by atoms with Crippen LogP contribution in [0.1, 0.15) is 21.6 Å². The van der Waals surface area contributed by atoms with Gasteiger partial charge in [0.15, 0.2) is 36.2 Å². The number of alkyl halides is 3. The van der Waals surface area contributed by atoms with Gasteiger partial charge < -0.3 is 10.1 Å². The number of hydrogen-bond donors (Lipinski definition) is 1. The van der Waals surface area contributed by atoms with Crippen molar-refractivity contribution in [3.05, 3.63) is 53.0 Å². The molecule has 0 radical (unpaired) electrons. The number of carbonyl (C=O) groups is 1. The quantitative estimate of drug-likeness (QED) is 0.453. The molecule has 36 heavy (non-hydrogen) atoms. The second-order valence-electron chi connectivity index (χ2n) is 7.32. The molecule has 0 fully saturated rings. The fraction of sp³-hybridized carbons (Fsp3) is 0.211. The average molecular weight is 549 g/mol. The van der Waals surface area contributed by atoms with Gasteiger partial charge in [-0.3, -0.25) is 4.79 Å². The number of ether oxygens (including phenoxy) is 1. The van der Waals surface area contributed by atoms with Gasteiger partial charge in [0, 0.05) is 24.3 Å². The predicted octanol–water partition coefficient (Wildman–Crippen LogP) is 2.58. The minimum atomic E-state index is -5.02. The Morgan fingerprint density at radius 1 is 0.944 bits per heavy atom. The van der Waals surface area contributed by atoms with Crippen molar-refractivity contribution in [3.8, 4) is 11.8 Å². The molecule has 0 aliphatic carbocycles. The van der Waals surface area contributed by atoms with Crippen LogP contribution in [-0.4, -0.2) is 55.6 Å². The van der Waals surface area contributed by atoms with Crippen molar-refractivity contribution in [2.75, 3.05) is 17.8 Å². The molecule has 0 saturated carbocycles. The van der Waals surface area contributed by atoms with Crippen LogP contribution in [0.15, 0.2) is 40.3 Å². The summed E-state index contributed by atoms with van der Waals surface area (Å²) in [5.74, 6) is -4.49. The Hall–Kier alpha value is -3.73. The van der Waals surface area contributed by atoms with Crippen molar-refractivity contribution in [1.82, 2.24) is 20.4 Å². The Balaban J connectivity index is 2.09. The van der Waals surface area contributed by atoms with Gasteiger partial charge in [-0.25, -0.2) is 21.2 Å². The number of sulfone groups is 2. The van der Waals surface area contributed by atoms with Crippen molar-refractivity contribution in [2.24, 2.45) is 0 Å². The van der Waals surface area contributed by atoms with Crippen LogP contribution in [0.5, 0.6) is 11.8 Å². The van der Waals surface area contributed by atoms with E-state index in [0.717, 1.165) is 25.5 Å². The number of hydrogen-bond acceptors (Lipinski definition) is 10. The van der Waals surface area contributed by atoms with Gasteiger partial charge in [0.1, 0.15) is 5.56 Å². The molecular weight excluding hydrogens is 534 g/mol. The van der Waals surface area contributed by atoms with E-state index in [1.807, 2.05) is 0 Å². The van der Waals surface area contributed by atoms with Crippen LogP contribution in [0.4, 0.5) is 23.2 Å². The molecule has 3 rings (SSSR count). The molecule has 0 bridgehead atoms. The van der Waals surface area contributed by atoms with Crippen LogP contribution in [0.25, 0.3) is 0 Å². The van der Waals surface area contributed by atoms with Gasteiger partial charge in [0.05, 0.1) is 4.90 Å². The zero-order valence-electron chi connectivity index (χ0n) is 18.5. The summed E-state index contributed by atoms with van der Waals surface area (Å²) in [5.41, 5.74) is -3.20. The van der Waals surface area contributed by atoms with E-state index in [4.69, 9.17) is 4.74 Å². The Morgan fingerprint density at radius 2 is 1.58 bits per heavy atom. The number of benzene rings is 1. The molecule has 3 aromatic rings. The lowest BCUT2D eigenvalue weighted by Crippen LogP contribution is -2.21. The van der Waals surface area contributed by atoms with E-state index in [-0.39, 0.29) is 10.6 Å². The third-order valence-corrected chi connectivity index (χ3v) is 6.54. The largest absolute Gasteiger partial charge is 0.435 e. The first-order chi connectivity index (χ1) is 16.5. The first-order valence-electron chi connectivity index (χ1n) is 9.45. The van der Waals surface area contributed by atoms with Crippen LogP contribution >= 0.6 is 0 Å². The maximum atomic E-state index is 14.4. The van der Waals surface area contributed by atoms with Gasteiger partial charge in [-0.05, 0) is 30.7 Å². The fourth-order valence-corrected chi connectivity index (χ4v) is 3.96. The van der Waals surface area contributed by atoms with Gasteiger partial charge in [-0.1, -0.05) is 6.07 Å². The van der Waals surface area contributed by atoms with Gasteiger partial charge in [-0.15, -0.1) is 20.4 Å². The zero-order valence-corrected chi connectivity index (χ0v) is 20.1. The van der Waals surface area contributed by atoms with E-state index in [9.17, 15) is 39.2 Å². The number of amides is 1. The normalized spacial score (nSPS) is 12.3. The first-order valence-corrected chi connectivity index (χ1v) is 13.2. The molecule has 1 amide bonds. The third kappa shape index (κ3) is 5.91. The lowest BCUT2D eigenvalue weighted by molar-refractivity contribution is -0.142. The molecule has 1 N–H and O–H groups in total. The van der Waals surface area contributed by atoms with Crippen LogP contribution in [0.2, 0.25) is 0 Å². The number of halogens is 4. The number of anilines is 1. The molecule has 17 heteroatoms. The van der Waals surface area contributed by atoms with Gasteiger partial charge in [-0.2, -0.15) is 13.2 Å². The highest BCUT2D eigenvalue weighted by Gasteiger charge is 2.38. The van der Waals surface area contributed by atoms with Gasteiger partial charge in [0.25, 0.3) is 17.7 Å². The number of aromatic nitrogens is 4. The topological polar surface area (TPSA) is 158 Å². The van der Waals surface area contributed by atoms with E-state index in [2.05, 4.69) is 25.7 Å². The number of rotatable bonds is 6. The lowest BCUT2D eigenvalue weighted by atomic mass is 10.1. The van der Waals surface area contributed by atoms with Crippen molar-refractivity contribution in [1.29, 1.82) is 0 Å². The Labute approximate surface area is 201 Å². The number of nitrogens with zero attached hydrogens (tertiary/aromatic N) is 4. The van der Waals surface area contributed by atoms with E-state index in [1.165, 1.54) is 18.2 Å². The van der Waals surface area contributed by atoms with Crippen LogP contribution in [0.3, 0.4) is 0 Å². The molecule has 0 aliphatic rings. The van der Waals surface area contributed by atoms with Crippen LogP contribution in [0, 0.1) is 12.7 Å². The molecule has 192 valence electrons. The summed E-state index contributed by atoms with van der Waals surface area (Å²) in [6.07, 6.45) is -3.37. The molecule has 0 aliphatic heterocycles. The summed E-state index contributed by atoms with van der Waals surface area (Å²) in [5, 5.41) is 14.2. The summed E-state index contributed by atoms with van der Waals surface area (Å²) in [6.45, 7) is 0.890. The molecule has 2 aromatic heterocycles. The maximum Gasteiger partial charge on any atom is 0.435 e. The van der Waals surface area contributed by atoms with Crippen molar-refractivity contribution in [2.45, 2.75) is 23.0 Å². The van der Waals surface area contributed by atoms with E-state index >= 15 is 0 Å².